The number of rotatable bonds is 5. The fraction of sp³-hybridized carbons (Fsp3) is 0.438. The molecule has 0 saturated carbocycles. The summed E-state index contributed by atoms with van der Waals surface area (Å²) in [6.07, 6.45) is 4.58. The third-order valence-corrected chi connectivity index (χ3v) is 4.90. The summed E-state index contributed by atoms with van der Waals surface area (Å²) in [6, 6.07) is 3.69. The number of halogens is 1. The van der Waals surface area contributed by atoms with Gasteiger partial charge in [-0.1, -0.05) is 6.07 Å². The van der Waals surface area contributed by atoms with E-state index >= 15 is 0 Å². The van der Waals surface area contributed by atoms with Crippen LogP contribution in [0.5, 0.6) is 0 Å². The summed E-state index contributed by atoms with van der Waals surface area (Å²) >= 11 is 1.43. The van der Waals surface area contributed by atoms with E-state index < -0.39 is 6.17 Å². The van der Waals surface area contributed by atoms with Crippen LogP contribution in [-0.4, -0.2) is 58.0 Å². The van der Waals surface area contributed by atoms with E-state index in [4.69, 9.17) is 0 Å². The van der Waals surface area contributed by atoms with Crippen molar-refractivity contribution in [3.63, 3.8) is 0 Å². The molecule has 1 saturated heterocycles. The number of alkyl halides is 1. The lowest BCUT2D eigenvalue weighted by molar-refractivity contribution is 0.0754. The van der Waals surface area contributed by atoms with Gasteiger partial charge in [0.15, 0.2) is 0 Å². The van der Waals surface area contributed by atoms with E-state index in [1.807, 2.05) is 17.5 Å². The molecule has 0 N–H and O–H groups in total. The van der Waals surface area contributed by atoms with Crippen molar-refractivity contribution in [2.75, 3.05) is 20.1 Å². The maximum absolute atomic E-state index is 13.9. The van der Waals surface area contributed by atoms with Crippen molar-refractivity contribution in [1.82, 2.24) is 19.8 Å². The summed E-state index contributed by atoms with van der Waals surface area (Å²) in [5, 5.41) is 1.88. The second-order valence-electron chi connectivity index (χ2n) is 5.83. The molecule has 1 fully saturated rings. The minimum absolute atomic E-state index is 0.00898. The maximum Gasteiger partial charge on any atom is 0.263 e. The second-order valence-corrected chi connectivity index (χ2v) is 6.77. The molecule has 23 heavy (non-hydrogen) atoms. The lowest BCUT2D eigenvalue weighted by atomic mass is 10.2. The van der Waals surface area contributed by atoms with Crippen molar-refractivity contribution in [3.05, 3.63) is 46.7 Å². The minimum Gasteiger partial charge on any atom is -0.339 e. The summed E-state index contributed by atoms with van der Waals surface area (Å²) in [6.45, 7) is 1.51. The molecule has 0 radical (unpaired) electrons. The summed E-state index contributed by atoms with van der Waals surface area (Å²) in [4.78, 5) is 24.8. The van der Waals surface area contributed by atoms with Crippen LogP contribution in [0.1, 0.15) is 21.7 Å². The molecule has 1 amide bonds. The molecule has 0 bridgehead atoms. The third kappa shape index (κ3) is 3.92. The number of hydrogen-bond donors (Lipinski definition) is 0. The number of likely N-dealkylation sites (tertiary alicyclic amines) is 1. The monoisotopic (exact) mass is 334 g/mol. The van der Waals surface area contributed by atoms with Crippen LogP contribution in [0.15, 0.2) is 36.2 Å². The summed E-state index contributed by atoms with van der Waals surface area (Å²) in [5.41, 5.74) is 0.957. The topological polar surface area (TPSA) is 49.3 Å². The van der Waals surface area contributed by atoms with Crippen molar-refractivity contribution < 1.29 is 9.18 Å². The number of amides is 1. The van der Waals surface area contributed by atoms with Crippen LogP contribution >= 0.6 is 11.3 Å². The molecule has 0 aliphatic carbocycles. The number of carbonyl (C=O) groups is 1. The largest absolute Gasteiger partial charge is 0.339 e. The average Bonchev–Trinajstić information content (AvgIpc) is 3.18. The van der Waals surface area contributed by atoms with Gasteiger partial charge in [0.25, 0.3) is 5.91 Å². The molecule has 1 aliphatic rings. The fourth-order valence-corrected chi connectivity index (χ4v) is 3.66. The predicted octanol–water partition coefficient (Wildman–Crippen LogP) is 2.22. The molecule has 1 aliphatic heterocycles. The third-order valence-electron chi connectivity index (χ3n) is 4.04. The molecule has 2 aromatic heterocycles. The van der Waals surface area contributed by atoms with Crippen LogP contribution in [0.2, 0.25) is 0 Å². The van der Waals surface area contributed by atoms with Crippen LogP contribution in [0.25, 0.3) is 0 Å². The van der Waals surface area contributed by atoms with Gasteiger partial charge in [0.2, 0.25) is 0 Å². The molecule has 3 rings (SSSR count). The van der Waals surface area contributed by atoms with E-state index in [0.717, 1.165) is 5.56 Å². The SMILES string of the molecule is CN(C[C@@H]1C[C@H](F)CN1Cc1cncnc1)C(=O)c1cccs1. The van der Waals surface area contributed by atoms with Crippen molar-refractivity contribution in [2.45, 2.75) is 25.2 Å². The first kappa shape index (κ1) is 16.0. The zero-order chi connectivity index (χ0) is 16.2. The zero-order valence-corrected chi connectivity index (χ0v) is 13.7. The van der Waals surface area contributed by atoms with Gasteiger partial charge in [-0.2, -0.15) is 0 Å². The van der Waals surface area contributed by atoms with Gasteiger partial charge in [0, 0.05) is 50.7 Å². The van der Waals surface area contributed by atoms with Gasteiger partial charge in [-0.15, -0.1) is 11.3 Å². The highest BCUT2D eigenvalue weighted by atomic mass is 32.1. The van der Waals surface area contributed by atoms with Gasteiger partial charge in [-0.3, -0.25) is 9.69 Å². The quantitative estimate of drug-likeness (QED) is 0.841. The molecule has 7 heteroatoms. The molecular weight excluding hydrogens is 315 g/mol. The Morgan fingerprint density at radius 3 is 2.96 bits per heavy atom. The maximum atomic E-state index is 13.9. The molecule has 3 heterocycles. The van der Waals surface area contributed by atoms with Crippen LogP contribution in [0.4, 0.5) is 4.39 Å². The highest BCUT2D eigenvalue weighted by molar-refractivity contribution is 7.12. The van der Waals surface area contributed by atoms with Crippen molar-refractivity contribution >= 4 is 17.2 Å². The zero-order valence-electron chi connectivity index (χ0n) is 12.9. The van der Waals surface area contributed by atoms with E-state index in [9.17, 15) is 9.18 Å². The van der Waals surface area contributed by atoms with Gasteiger partial charge in [-0.25, -0.2) is 14.4 Å². The molecule has 0 unspecified atom stereocenters. The summed E-state index contributed by atoms with van der Waals surface area (Å²) < 4.78 is 13.9. The Bertz CT molecular complexity index is 637. The van der Waals surface area contributed by atoms with Gasteiger partial charge < -0.3 is 4.90 Å². The first-order chi connectivity index (χ1) is 11.1. The average molecular weight is 334 g/mol. The number of hydrogen-bond acceptors (Lipinski definition) is 5. The van der Waals surface area contributed by atoms with Crippen LogP contribution in [-0.2, 0) is 6.54 Å². The van der Waals surface area contributed by atoms with E-state index in [1.165, 1.54) is 17.7 Å². The number of aromatic nitrogens is 2. The van der Waals surface area contributed by atoms with Gasteiger partial charge >= 0.3 is 0 Å². The fourth-order valence-electron chi connectivity index (χ4n) is 2.94. The predicted molar refractivity (Wildman–Crippen MR) is 87.0 cm³/mol. The number of likely N-dealkylation sites (N-methyl/N-ethyl adjacent to an activating group) is 1. The number of thiophene rings is 1. The Hall–Kier alpha value is -1.86. The second kappa shape index (κ2) is 7.14. The summed E-state index contributed by atoms with van der Waals surface area (Å²) in [5.74, 6) is -0.00898. The molecule has 0 aromatic carbocycles. The number of carbonyl (C=O) groups excluding carboxylic acids is 1. The van der Waals surface area contributed by atoms with E-state index in [0.29, 0.717) is 30.9 Å². The minimum atomic E-state index is -0.852. The highest BCUT2D eigenvalue weighted by Crippen LogP contribution is 2.23. The highest BCUT2D eigenvalue weighted by Gasteiger charge is 2.33. The van der Waals surface area contributed by atoms with Crippen LogP contribution < -0.4 is 0 Å². The number of nitrogens with zero attached hydrogens (tertiary/aromatic N) is 4. The molecule has 2 aromatic rings. The van der Waals surface area contributed by atoms with Gasteiger partial charge in [0.1, 0.15) is 12.5 Å². The van der Waals surface area contributed by atoms with E-state index in [1.54, 1.807) is 24.3 Å². The first-order valence-electron chi connectivity index (χ1n) is 7.54. The molecule has 0 spiro atoms. The Morgan fingerprint density at radius 2 is 2.26 bits per heavy atom. The smallest absolute Gasteiger partial charge is 0.263 e. The Balaban J connectivity index is 1.64. The van der Waals surface area contributed by atoms with E-state index in [-0.39, 0.29) is 11.9 Å². The van der Waals surface area contributed by atoms with Crippen molar-refractivity contribution in [1.29, 1.82) is 0 Å². The standard InChI is InChI=1S/C16H19FN4OS/c1-20(16(22)15-3-2-4-23-15)10-14-5-13(17)9-21(14)8-12-6-18-11-19-7-12/h2-4,6-7,11,13-14H,5,8-10H2,1H3/t13-,14-/m0/s1. The first-order valence-corrected chi connectivity index (χ1v) is 8.42. The molecule has 122 valence electrons. The van der Waals surface area contributed by atoms with Crippen molar-refractivity contribution in [3.8, 4) is 0 Å². The van der Waals surface area contributed by atoms with E-state index in [2.05, 4.69) is 14.9 Å². The lowest BCUT2D eigenvalue weighted by Crippen LogP contribution is -2.40. The molecule has 5 nitrogen and oxygen atoms in total. The van der Waals surface area contributed by atoms with Crippen LogP contribution in [0, 0.1) is 0 Å². The normalized spacial score (nSPS) is 21.5. The van der Waals surface area contributed by atoms with Gasteiger partial charge in [-0.05, 0) is 17.9 Å². The van der Waals surface area contributed by atoms with Gasteiger partial charge in [0.05, 0.1) is 4.88 Å². The lowest BCUT2D eigenvalue weighted by Gasteiger charge is -2.28. The molecule has 2 atom stereocenters. The Kier molecular flexibility index (Phi) is 4.97. The van der Waals surface area contributed by atoms with Crippen LogP contribution in [0.3, 0.4) is 0 Å². The summed E-state index contributed by atoms with van der Waals surface area (Å²) in [7, 11) is 1.78. The molecular formula is C16H19FN4OS. The van der Waals surface area contributed by atoms with Crippen molar-refractivity contribution in [2.24, 2.45) is 0 Å². The Morgan fingerprint density at radius 1 is 1.48 bits per heavy atom. The Labute approximate surface area is 138 Å².